The number of rotatable bonds is 8. The third-order valence-electron chi connectivity index (χ3n) is 1.59. The van der Waals surface area contributed by atoms with Crippen molar-refractivity contribution in [1.29, 1.82) is 0 Å². The van der Waals surface area contributed by atoms with Crippen LogP contribution in [0.2, 0.25) is 0 Å². The molecule has 0 aliphatic heterocycles. The first-order valence-corrected chi connectivity index (χ1v) is 5.10. The topological polar surface area (TPSA) is 21.3 Å². The Kier molecular flexibility index (Phi) is 11.0. The zero-order chi connectivity index (χ0) is 9.78. The minimum atomic E-state index is 0.875. The third-order valence-corrected chi connectivity index (χ3v) is 1.59. The molecule has 0 fully saturated rings. The van der Waals surface area contributed by atoms with Gasteiger partial charge in [-0.3, -0.25) is 0 Å². The Labute approximate surface area is 82.1 Å². The molecule has 0 atom stereocenters. The first-order chi connectivity index (χ1) is 6.41. The molecule has 2 nitrogen and oxygen atoms in total. The lowest BCUT2D eigenvalue weighted by atomic mass is 10.4. The molecule has 0 saturated carbocycles. The van der Waals surface area contributed by atoms with Gasteiger partial charge in [-0.15, -0.1) is 11.8 Å². The van der Waals surface area contributed by atoms with E-state index in [-0.39, 0.29) is 0 Å². The van der Waals surface area contributed by atoms with Crippen molar-refractivity contribution in [2.75, 3.05) is 26.3 Å². The number of hydrogen-bond donors (Lipinski definition) is 1. The Bertz CT molecular complexity index is 146. The summed E-state index contributed by atoms with van der Waals surface area (Å²) < 4.78 is 5.34. The molecule has 0 saturated heterocycles. The predicted molar refractivity (Wildman–Crippen MR) is 56.7 cm³/mol. The standard InChI is InChI=1S/C11H21NO/c1-3-5-6-8-12-9-7-11-13-10-4-2/h12H,4,6-11H2,1-2H3. The van der Waals surface area contributed by atoms with Gasteiger partial charge in [-0.1, -0.05) is 6.92 Å². The van der Waals surface area contributed by atoms with E-state index in [9.17, 15) is 0 Å². The smallest absolute Gasteiger partial charge is 0.0478 e. The van der Waals surface area contributed by atoms with Crippen molar-refractivity contribution in [2.24, 2.45) is 0 Å². The van der Waals surface area contributed by atoms with Gasteiger partial charge in [-0.25, -0.2) is 0 Å². The van der Waals surface area contributed by atoms with Crippen LogP contribution in [-0.2, 0) is 4.74 Å². The second-order valence-electron chi connectivity index (χ2n) is 2.89. The van der Waals surface area contributed by atoms with Crippen molar-refractivity contribution in [3.63, 3.8) is 0 Å². The highest BCUT2D eigenvalue weighted by Crippen LogP contribution is 1.83. The Morgan fingerprint density at radius 3 is 2.77 bits per heavy atom. The van der Waals surface area contributed by atoms with Crippen molar-refractivity contribution in [2.45, 2.75) is 33.1 Å². The molecule has 0 heterocycles. The summed E-state index contributed by atoms with van der Waals surface area (Å²) in [5.74, 6) is 5.89. The van der Waals surface area contributed by atoms with Crippen molar-refractivity contribution >= 4 is 0 Å². The molecule has 0 unspecified atom stereocenters. The van der Waals surface area contributed by atoms with Crippen LogP contribution in [0.25, 0.3) is 0 Å². The molecule has 0 aromatic rings. The van der Waals surface area contributed by atoms with Gasteiger partial charge in [0.1, 0.15) is 0 Å². The van der Waals surface area contributed by atoms with Gasteiger partial charge in [0.15, 0.2) is 0 Å². The van der Waals surface area contributed by atoms with Crippen LogP contribution in [0.4, 0.5) is 0 Å². The van der Waals surface area contributed by atoms with E-state index < -0.39 is 0 Å². The zero-order valence-corrected chi connectivity index (χ0v) is 8.86. The molecule has 0 radical (unpaired) electrons. The fourth-order valence-corrected chi connectivity index (χ4v) is 0.947. The summed E-state index contributed by atoms with van der Waals surface area (Å²) in [4.78, 5) is 0. The summed E-state index contributed by atoms with van der Waals surface area (Å²) >= 11 is 0. The highest BCUT2D eigenvalue weighted by atomic mass is 16.5. The molecule has 0 aliphatic rings. The van der Waals surface area contributed by atoms with Crippen molar-refractivity contribution in [1.82, 2.24) is 5.32 Å². The summed E-state index contributed by atoms with van der Waals surface area (Å²) in [7, 11) is 0. The molecule has 0 aliphatic carbocycles. The fourth-order valence-electron chi connectivity index (χ4n) is 0.947. The average Bonchev–Trinajstić information content (AvgIpc) is 2.16. The third kappa shape index (κ3) is 11.5. The van der Waals surface area contributed by atoms with E-state index in [1.165, 1.54) is 0 Å². The molecule has 1 N–H and O–H groups in total. The summed E-state index contributed by atoms with van der Waals surface area (Å²) in [6, 6.07) is 0. The Morgan fingerprint density at radius 2 is 2.08 bits per heavy atom. The summed E-state index contributed by atoms with van der Waals surface area (Å²) in [5.41, 5.74) is 0. The Morgan fingerprint density at radius 1 is 1.23 bits per heavy atom. The van der Waals surface area contributed by atoms with Gasteiger partial charge in [-0.2, -0.15) is 0 Å². The molecule has 76 valence electrons. The van der Waals surface area contributed by atoms with Gasteiger partial charge in [0.2, 0.25) is 0 Å². The zero-order valence-electron chi connectivity index (χ0n) is 8.86. The van der Waals surface area contributed by atoms with Crippen LogP contribution in [0.15, 0.2) is 0 Å². The van der Waals surface area contributed by atoms with Crippen molar-refractivity contribution < 1.29 is 4.74 Å². The number of nitrogens with one attached hydrogen (secondary N) is 1. The predicted octanol–water partition coefficient (Wildman–Crippen LogP) is 1.81. The van der Waals surface area contributed by atoms with E-state index in [0.717, 1.165) is 45.6 Å². The molecule has 0 amide bonds. The maximum atomic E-state index is 5.34. The lowest BCUT2D eigenvalue weighted by Gasteiger charge is -2.03. The molecule has 0 aromatic carbocycles. The Hall–Kier alpha value is -0.520. The van der Waals surface area contributed by atoms with Gasteiger partial charge in [0.05, 0.1) is 0 Å². The van der Waals surface area contributed by atoms with Crippen LogP contribution in [0.1, 0.15) is 33.1 Å². The van der Waals surface area contributed by atoms with E-state index >= 15 is 0 Å². The van der Waals surface area contributed by atoms with E-state index in [0.29, 0.717) is 0 Å². The first kappa shape index (κ1) is 12.5. The van der Waals surface area contributed by atoms with E-state index in [1.54, 1.807) is 0 Å². The lowest BCUT2D eigenvalue weighted by molar-refractivity contribution is 0.132. The van der Waals surface area contributed by atoms with Crippen LogP contribution in [0.5, 0.6) is 0 Å². The second-order valence-corrected chi connectivity index (χ2v) is 2.89. The highest BCUT2D eigenvalue weighted by Gasteiger charge is 1.87. The largest absolute Gasteiger partial charge is 0.381 e. The number of ether oxygens (including phenoxy) is 1. The maximum absolute atomic E-state index is 5.34. The summed E-state index contributed by atoms with van der Waals surface area (Å²) in [6.45, 7) is 7.80. The molecule has 2 heteroatoms. The highest BCUT2D eigenvalue weighted by molar-refractivity contribution is 4.94. The quantitative estimate of drug-likeness (QED) is 0.458. The van der Waals surface area contributed by atoms with Crippen molar-refractivity contribution in [3.05, 3.63) is 0 Å². The molecule has 0 spiro atoms. The summed E-state index contributed by atoms with van der Waals surface area (Å²) in [5, 5.41) is 3.31. The Balaban J connectivity index is 2.86. The van der Waals surface area contributed by atoms with Gasteiger partial charge < -0.3 is 10.1 Å². The average molecular weight is 183 g/mol. The fraction of sp³-hybridized carbons (Fsp3) is 0.818. The normalized spacial score (nSPS) is 9.38. The summed E-state index contributed by atoms with van der Waals surface area (Å²) in [6.07, 6.45) is 3.16. The maximum Gasteiger partial charge on any atom is 0.0478 e. The van der Waals surface area contributed by atoms with Crippen LogP contribution in [0, 0.1) is 11.8 Å². The molecule has 0 bridgehead atoms. The van der Waals surface area contributed by atoms with Gasteiger partial charge in [0, 0.05) is 26.2 Å². The van der Waals surface area contributed by atoms with Gasteiger partial charge >= 0.3 is 0 Å². The van der Waals surface area contributed by atoms with Crippen LogP contribution >= 0.6 is 0 Å². The molecule has 13 heavy (non-hydrogen) atoms. The monoisotopic (exact) mass is 183 g/mol. The van der Waals surface area contributed by atoms with Crippen LogP contribution < -0.4 is 5.32 Å². The minimum Gasteiger partial charge on any atom is -0.381 e. The van der Waals surface area contributed by atoms with Gasteiger partial charge in [0.25, 0.3) is 0 Å². The van der Waals surface area contributed by atoms with E-state index in [4.69, 9.17) is 4.74 Å². The van der Waals surface area contributed by atoms with Crippen LogP contribution in [-0.4, -0.2) is 26.3 Å². The number of hydrogen-bond acceptors (Lipinski definition) is 2. The van der Waals surface area contributed by atoms with Gasteiger partial charge in [-0.05, 0) is 26.3 Å². The SMILES string of the molecule is CC#CCCNCCCOCCC. The molecule has 0 rings (SSSR count). The first-order valence-electron chi connectivity index (χ1n) is 5.10. The van der Waals surface area contributed by atoms with Crippen molar-refractivity contribution in [3.8, 4) is 11.8 Å². The van der Waals surface area contributed by atoms with Crippen LogP contribution in [0.3, 0.4) is 0 Å². The molecule has 0 aromatic heterocycles. The molecular formula is C11H21NO. The molecular weight excluding hydrogens is 162 g/mol. The van der Waals surface area contributed by atoms with E-state index in [1.807, 2.05) is 6.92 Å². The minimum absolute atomic E-state index is 0.875. The second kappa shape index (κ2) is 11.5. The van der Waals surface area contributed by atoms with E-state index in [2.05, 4.69) is 24.1 Å². The lowest BCUT2D eigenvalue weighted by Crippen LogP contribution is -2.17.